The second kappa shape index (κ2) is 4.85. The largest absolute Gasteiger partial charge is 0.326 e. The van der Waals surface area contributed by atoms with Crippen molar-refractivity contribution < 1.29 is 4.79 Å². The number of anilines is 1. The van der Waals surface area contributed by atoms with Gasteiger partial charge in [-0.05, 0) is 44.2 Å². The van der Waals surface area contributed by atoms with Crippen LogP contribution in [0.2, 0.25) is 5.02 Å². The summed E-state index contributed by atoms with van der Waals surface area (Å²) in [6.07, 6.45) is 0.903. The Kier molecular flexibility index (Phi) is 3.46. The van der Waals surface area contributed by atoms with E-state index in [-0.39, 0.29) is 17.9 Å². The van der Waals surface area contributed by atoms with Gasteiger partial charge in [0.05, 0.1) is 5.92 Å². The molecule has 1 amide bonds. The minimum atomic E-state index is 0.0654. The van der Waals surface area contributed by atoms with Crippen molar-refractivity contribution >= 4 is 23.2 Å². The molecule has 0 saturated carbocycles. The van der Waals surface area contributed by atoms with Crippen LogP contribution in [0.4, 0.5) is 5.69 Å². The molecule has 2 unspecified atom stereocenters. The Labute approximate surface area is 100 Å². The number of carbonyl (C=O) groups is 1. The highest BCUT2D eigenvalue weighted by Gasteiger charge is 2.29. The average Bonchev–Trinajstić information content (AvgIpc) is 2.68. The SMILES string of the molecule is CC1NCCC1C(=O)Nc1ccc(Cl)cc1. The molecule has 16 heavy (non-hydrogen) atoms. The number of benzene rings is 1. The highest BCUT2D eigenvalue weighted by atomic mass is 35.5. The molecular weight excluding hydrogens is 224 g/mol. The molecule has 0 spiro atoms. The molecule has 1 fully saturated rings. The molecule has 1 aromatic rings. The molecule has 1 aliphatic rings. The third-order valence-electron chi connectivity index (χ3n) is 2.97. The van der Waals surface area contributed by atoms with Crippen LogP contribution in [-0.4, -0.2) is 18.5 Å². The molecule has 3 nitrogen and oxygen atoms in total. The number of carbonyl (C=O) groups excluding carboxylic acids is 1. The normalized spacial score (nSPS) is 24.4. The van der Waals surface area contributed by atoms with Crippen LogP contribution in [0.25, 0.3) is 0 Å². The third-order valence-corrected chi connectivity index (χ3v) is 3.23. The van der Waals surface area contributed by atoms with Gasteiger partial charge in [-0.25, -0.2) is 0 Å². The molecule has 86 valence electrons. The third kappa shape index (κ3) is 2.54. The molecule has 2 rings (SSSR count). The van der Waals surface area contributed by atoms with Crippen molar-refractivity contribution in [1.29, 1.82) is 0 Å². The van der Waals surface area contributed by atoms with E-state index in [0.717, 1.165) is 18.7 Å². The van der Waals surface area contributed by atoms with Crippen molar-refractivity contribution in [3.63, 3.8) is 0 Å². The van der Waals surface area contributed by atoms with Gasteiger partial charge in [-0.2, -0.15) is 0 Å². The fraction of sp³-hybridized carbons (Fsp3) is 0.417. The number of hydrogen-bond acceptors (Lipinski definition) is 2. The Morgan fingerprint density at radius 2 is 2.12 bits per heavy atom. The van der Waals surface area contributed by atoms with Gasteiger partial charge in [-0.3, -0.25) is 4.79 Å². The van der Waals surface area contributed by atoms with E-state index in [9.17, 15) is 4.79 Å². The van der Waals surface area contributed by atoms with E-state index in [1.165, 1.54) is 0 Å². The first kappa shape index (κ1) is 11.4. The van der Waals surface area contributed by atoms with E-state index in [1.54, 1.807) is 12.1 Å². The fourth-order valence-corrected chi connectivity index (χ4v) is 2.11. The molecule has 4 heteroatoms. The van der Waals surface area contributed by atoms with Crippen LogP contribution in [0.15, 0.2) is 24.3 Å². The van der Waals surface area contributed by atoms with E-state index >= 15 is 0 Å². The van der Waals surface area contributed by atoms with E-state index < -0.39 is 0 Å². The second-order valence-corrected chi connectivity index (χ2v) is 4.57. The highest BCUT2D eigenvalue weighted by molar-refractivity contribution is 6.30. The number of hydrogen-bond donors (Lipinski definition) is 2. The Morgan fingerprint density at radius 1 is 1.44 bits per heavy atom. The molecule has 0 aromatic heterocycles. The van der Waals surface area contributed by atoms with E-state index in [4.69, 9.17) is 11.6 Å². The number of halogens is 1. The fourth-order valence-electron chi connectivity index (χ4n) is 1.99. The zero-order valence-corrected chi connectivity index (χ0v) is 9.92. The second-order valence-electron chi connectivity index (χ2n) is 4.13. The van der Waals surface area contributed by atoms with Gasteiger partial charge in [-0.1, -0.05) is 11.6 Å². The van der Waals surface area contributed by atoms with E-state index in [0.29, 0.717) is 5.02 Å². The Hall–Kier alpha value is -1.06. The molecule has 1 aliphatic heterocycles. The smallest absolute Gasteiger partial charge is 0.229 e. The lowest BCUT2D eigenvalue weighted by Gasteiger charge is -2.14. The van der Waals surface area contributed by atoms with Gasteiger partial charge in [0, 0.05) is 16.8 Å². The van der Waals surface area contributed by atoms with Crippen molar-refractivity contribution in [3.05, 3.63) is 29.3 Å². The van der Waals surface area contributed by atoms with Crippen molar-refractivity contribution in [3.8, 4) is 0 Å². The summed E-state index contributed by atoms with van der Waals surface area (Å²) in [5.74, 6) is 0.149. The molecule has 1 saturated heterocycles. The quantitative estimate of drug-likeness (QED) is 0.830. The maximum atomic E-state index is 11.9. The van der Waals surface area contributed by atoms with Crippen molar-refractivity contribution in [2.75, 3.05) is 11.9 Å². The van der Waals surface area contributed by atoms with E-state index in [2.05, 4.69) is 10.6 Å². The summed E-state index contributed by atoms with van der Waals surface area (Å²) in [7, 11) is 0. The van der Waals surface area contributed by atoms with Gasteiger partial charge in [0.2, 0.25) is 5.91 Å². The first-order valence-corrected chi connectivity index (χ1v) is 5.84. The molecule has 1 heterocycles. The number of nitrogens with one attached hydrogen (secondary N) is 2. The van der Waals surface area contributed by atoms with Gasteiger partial charge < -0.3 is 10.6 Å². The van der Waals surface area contributed by atoms with Gasteiger partial charge in [0.1, 0.15) is 0 Å². The Bertz CT molecular complexity index is 377. The maximum absolute atomic E-state index is 11.9. The van der Waals surface area contributed by atoms with Crippen molar-refractivity contribution in [2.24, 2.45) is 5.92 Å². The van der Waals surface area contributed by atoms with Crippen LogP contribution in [0.5, 0.6) is 0 Å². The maximum Gasteiger partial charge on any atom is 0.229 e. The zero-order valence-electron chi connectivity index (χ0n) is 9.16. The number of rotatable bonds is 2. The standard InChI is InChI=1S/C12H15ClN2O/c1-8-11(6-7-14-8)12(16)15-10-4-2-9(13)3-5-10/h2-5,8,11,14H,6-7H2,1H3,(H,15,16). The van der Waals surface area contributed by atoms with Gasteiger partial charge >= 0.3 is 0 Å². The molecule has 0 bridgehead atoms. The summed E-state index contributed by atoms with van der Waals surface area (Å²) in [4.78, 5) is 11.9. The first-order chi connectivity index (χ1) is 7.66. The molecule has 2 N–H and O–H groups in total. The minimum absolute atomic E-state index is 0.0654. The summed E-state index contributed by atoms with van der Waals surface area (Å²) in [5, 5.41) is 6.84. The molecule has 1 aromatic carbocycles. The summed E-state index contributed by atoms with van der Waals surface area (Å²) in [5.41, 5.74) is 0.800. The summed E-state index contributed by atoms with van der Waals surface area (Å²) in [6, 6.07) is 7.42. The summed E-state index contributed by atoms with van der Waals surface area (Å²) in [6.45, 7) is 2.96. The Morgan fingerprint density at radius 3 is 2.69 bits per heavy atom. The van der Waals surface area contributed by atoms with Crippen LogP contribution in [0, 0.1) is 5.92 Å². The van der Waals surface area contributed by atoms with Crippen LogP contribution in [0.1, 0.15) is 13.3 Å². The van der Waals surface area contributed by atoms with Crippen molar-refractivity contribution in [2.45, 2.75) is 19.4 Å². The van der Waals surface area contributed by atoms with Crippen LogP contribution in [-0.2, 0) is 4.79 Å². The lowest BCUT2D eigenvalue weighted by molar-refractivity contribution is -0.119. The molecule has 0 radical (unpaired) electrons. The topological polar surface area (TPSA) is 41.1 Å². The highest BCUT2D eigenvalue weighted by Crippen LogP contribution is 2.19. The van der Waals surface area contributed by atoms with Crippen LogP contribution < -0.4 is 10.6 Å². The van der Waals surface area contributed by atoms with Gasteiger partial charge in [-0.15, -0.1) is 0 Å². The minimum Gasteiger partial charge on any atom is -0.326 e. The van der Waals surface area contributed by atoms with Crippen LogP contribution in [0.3, 0.4) is 0 Å². The van der Waals surface area contributed by atoms with E-state index in [1.807, 2.05) is 19.1 Å². The average molecular weight is 239 g/mol. The predicted molar refractivity (Wildman–Crippen MR) is 65.7 cm³/mol. The number of amides is 1. The summed E-state index contributed by atoms with van der Waals surface area (Å²) < 4.78 is 0. The first-order valence-electron chi connectivity index (χ1n) is 5.46. The lowest BCUT2D eigenvalue weighted by Crippen LogP contribution is -2.32. The molecule has 0 aliphatic carbocycles. The monoisotopic (exact) mass is 238 g/mol. The molecule has 2 atom stereocenters. The lowest BCUT2D eigenvalue weighted by atomic mass is 10.0. The Balaban J connectivity index is 1.99. The van der Waals surface area contributed by atoms with Gasteiger partial charge in [0.25, 0.3) is 0 Å². The zero-order chi connectivity index (χ0) is 11.5. The van der Waals surface area contributed by atoms with Crippen molar-refractivity contribution in [1.82, 2.24) is 5.32 Å². The molecular formula is C12H15ClN2O. The predicted octanol–water partition coefficient (Wildman–Crippen LogP) is 2.28. The summed E-state index contributed by atoms with van der Waals surface area (Å²) >= 11 is 5.78. The van der Waals surface area contributed by atoms with Crippen LogP contribution >= 0.6 is 11.6 Å². The van der Waals surface area contributed by atoms with Gasteiger partial charge in [0.15, 0.2) is 0 Å².